The number of halogens is 1. The van der Waals surface area contributed by atoms with Gasteiger partial charge in [0.25, 0.3) is 0 Å². The summed E-state index contributed by atoms with van der Waals surface area (Å²) in [5.74, 6) is 0.319. The van der Waals surface area contributed by atoms with Crippen LogP contribution in [0.1, 0.15) is 19.3 Å². The van der Waals surface area contributed by atoms with Gasteiger partial charge in [-0.05, 0) is 32.4 Å². The molecule has 2 nitrogen and oxygen atoms in total. The van der Waals surface area contributed by atoms with E-state index >= 15 is 0 Å². The molecule has 1 unspecified atom stereocenters. The molecule has 1 fully saturated rings. The Labute approximate surface area is 68.0 Å². The van der Waals surface area contributed by atoms with Gasteiger partial charge in [-0.2, -0.15) is 5.26 Å². The molecule has 1 saturated heterocycles. The third-order valence-corrected chi connectivity index (χ3v) is 1.76. The van der Waals surface area contributed by atoms with E-state index in [-0.39, 0.29) is 12.4 Å². The van der Waals surface area contributed by atoms with E-state index in [1.165, 1.54) is 0 Å². The second kappa shape index (κ2) is 5.52. The third-order valence-electron chi connectivity index (χ3n) is 1.76. The molecular formula is C7H13ClN2. The van der Waals surface area contributed by atoms with Gasteiger partial charge in [0, 0.05) is 5.92 Å². The van der Waals surface area contributed by atoms with Gasteiger partial charge >= 0.3 is 0 Å². The predicted octanol–water partition coefficient (Wildman–Crippen LogP) is 1.32. The number of nitrogens with one attached hydrogen (secondary N) is 1. The largest absolute Gasteiger partial charge is 0.317 e. The fraction of sp³-hybridized carbons (Fsp3) is 0.857. The average Bonchev–Trinajstić information content (AvgIpc) is 2.13. The Morgan fingerprint density at radius 3 is 2.80 bits per heavy atom. The quantitative estimate of drug-likeness (QED) is 0.580. The van der Waals surface area contributed by atoms with Crippen LogP contribution in [-0.4, -0.2) is 13.1 Å². The van der Waals surface area contributed by atoms with Crippen LogP contribution in [0.2, 0.25) is 0 Å². The lowest BCUT2D eigenvalue weighted by Crippen LogP contribution is -2.13. The Hall–Kier alpha value is -0.260. The predicted molar refractivity (Wildman–Crippen MR) is 43.1 cm³/mol. The van der Waals surface area contributed by atoms with Crippen LogP contribution >= 0.6 is 12.4 Å². The van der Waals surface area contributed by atoms with Gasteiger partial charge in [0.05, 0.1) is 6.07 Å². The fourth-order valence-electron chi connectivity index (χ4n) is 1.15. The molecule has 0 bridgehead atoms. The van der Waals surface area contributed by atoms with Crippen molar-refractivity contribution in [3.05, 3.63) is 0 Å². The highest BCUT2D eigenvalue weighted by molar-refractivity contribution is 5.85. The molecule has 1 N–H and O–H groups in total. The van der Waals surface area contributed by atoms with Gasteiger partial charge in [0.15, 0.2) is 0 Å². The standard InChI is InChI=1S/C7H12N2.ClH/c8-6-7-2-1-4-9-5-3-7;/h7,9H,1-5H2;1H. The Bertz CT molecular complexity index is 111. The van der Waals surface area contributed by atoms with E-state index in [4.69, 9.17) is 5.26 Å². The number of rotatable bonds is 0. The molecule has 1 aliphatic heterocycles. The Morgan fingerprint density at radius 1 is 1.30 bits per heavy atom. The van der Waals surface area contributed by atoms with Crippen molar-refractivity contribution < 1.29 is 0 Å². The highest BCUT2D eigenvalue weighted by Gasteiger charge is 2.08. The summed E-state index contributed by atoms with van der Waals surface area (Å²) in [5, 5.41) is 11.8. The molecule has 0 amide bonds. The van der Waals surface area contributed by atoms with Gasteiger partial charge in [-0.15, -0.1) is 12.4 Å². The maximum Gasteiger partial charge on any atom is 0.0656 e. The molecular weight excluding hydrogens is 148 g/mol. The number of hydrogen-bond acceptors (Lipinski definition) is 2. The molecule has 0 radical (unpaired) electrons. The summed E-state index contributed by atoms with van der Waals surface area (Å²) in [7, 11) is 0. The van der Waals surface area contributed by atoms with E-state index < -0.39 is 0 Å². The Kier molecular flexibility index (Phi) is 5.38. The van der Waals surface area contributed by atoms with Crippen LogP contribution in [0.25, 0.3) is 0 Å². The first-order valence-electron chi connectivity index (χ1n) is 3.54. The van der Waals surface area contributed by atoms with Gasteiger partial charge in [-0.25, -0.2) is 0 Å². The van der Waals surface area contributed by atoms with Crippen LogP contribution in [0.15, 0.2) is 0 Å². The van der Waals surface area contributed by atoms with Gasteiger partial charge in [0.1, 0.15) is 0 Å². The SMILES string of the molecule is Cl.N#CC1CCCNCC1. The van der Waals surface area contributed by atoms with Crippen molar-refractivity contribution in [2.75, 3.05) is 13.1 Å². The zero-order valence-corrected chi connectivity index (χ0v) is 6.78. The zero-order chi connectivity index (χ0) is 6.53. The van der Waals surface area contributed by atoms with Crippen molar-refractivity contribution in [2.45, 2.75) is 19.3 Å². The smallest absolute Gasteiger partial charge is 0.0656 e. The molecule has 0 spiro atoms. The summed E-state index contributed by atoms with van der Waals surface area (Å²) >= 11 is 0. The molecule has 0 aromatic carbocycles. The normalized spacial score (nSPS) is 25.7. The summed E-state index contributed by atoms with van der Waals surface area (Å²) in [6, 6.07) is 2.30. The van der Waals surface area contributed by atoms with Crippen LogP contribution < -0.4 is 5.32 Å². The highest BCUT2D eigenvalue weighted by atomic mass is 35.5. The van der Waals surface area contributed by atoms with Crippen LogP contribution in [0, 0.1) is 17.2 Å². The van der Waals surface area contributed by atoms with Gasteiger partial charge in [-0.1, -0.05) is 0 Å². The topological polar surface area (TPSA) is 35.8 Å². The van der Waals surface area contributed by atoms with E-state index in [2.05, 4.69) is 11.4 Å². The van der Waals surface area contributed by atoms with Crippen LogP contribution in [0.5, 0.6) is 0 Å². The van der Waals surface area contributed by atoms with Gasteiger partial charge in [-0.3, -0.25) is 0 Å². The van der Waals surface area contributed by atoms with Crippen molar-refractivity contribution in [3.63, 3.8) is 0 Å². The molecule has 10 heavy (non-hydrogen) atoms. The second-order valence-electron chi connectivity index (χ2n) is 2.51. The third kappa shape index (κ3) is 3.05. The molecule has 0 aromatic heterocycles. The molecule has 58 valence electrons. The van der Waals surface area contributed by atoms with Gasteiger partial charge in [0.2, 0.25) is 0 Å². The van der Waals surface area contributed by atoms with Crippen LogP contribution in [0.4, 0.5) is 0 Å². The average molecular weight is 161 g/mol. The molecule has 0 saturated carbocycles. The minimum atomic E-state index is 0. The zero-order valence-electron chi connectivity index (χ0n) is 5.97. The first kappa shape index (κ1) is 9.74. The van der Waals surface area contributed by atoms with E-state index in [1.54, 1.807) is 0 Å². The Balaban J connectivity index is 0.000000810. The molecule has 0 aromatic rings. The summed E-state index contributed by atoms with van der Waals surface area (Å²) in [4.78, 5) is 0. The lowest BCUT2D eigenvalue weighted by Gasteiger charge is -1.99. The van der Waals surface area contributed by atoms with Crippen molar-refractivity contribution in [1.29, 1.82) is 5.26 Å². The van der Waals surface area contributed by atoms with Crippen LogP contribution in [-0.2, 0) is 0 Å². The molecule has 0 aliphatic carbocycles. The monoisotopic (exact) mass is 160 g/mol. The lowest BCUT2D eigenvalue weighted by molar-refractivity contribution is 0.588. The van der Waals surface area contributed by atoms with E-state index in [0.717, 1.165) is 32.4 Å². The maximum atomic E-state index is 8.54. The summed E-state index contributed by atoms with van der Waals surface area (Å²) in [6.45, 7) is 2.12. The summed E-state index contributed by atoms with van der Waals surface area (Å²) < 4.78 is 0. The fourth-order valence-corrected chi connectivity index (χ4v) is 1.15. The molecule has 1 heterocycles. The molecule has 1 aliphatic rings. The van der Waals surface area contributed by atoms with Crippen molar-refractivity contribution in [3.8, 4) is 6.07 Å². The van der Waals surface area contributed by atoms with Crippen molar-refractivity contribution in [2.24, 2.45) is 5.92 Å². The minimum absolute atomic E-state index is 0. The Morgan fingerprint density at radius 2 is 2.10 bits per heavy atom. The lowest BCUT2D eigenvalue weighted by atomic mass is 10.0. The second-order valence-corrected chi connectivity index (χ2v) is 2.51. The van der Waals surface area contributed by atoms with Gasteiger partial charge < -0.3 is 5.32 Å². The highest BCUT2D eigenvalue weighted by Crippen LogP contribution is 2.10. The maximum absolute atomic E-state index is 8.54. The number of hydrogen-bond donors (Lipinski definition) is 1. The summed E-state index contributed by atoms with van der Waals surface area (Å²) in [6.07, 6.45) is 3.29. The van der Waals surface area contributed by atoms with Crippen molar-refractivity contribution >= 4 is 12.4 Å². The van der Waals surface area contributed by atoms with E-state index in [9.17, 15) is 0 Å². The molecule has 3 heteroatoms. The number of nitrogens with zero attached hydrogens (tertiary/aromatic N) is 1. The minimum Gasteiger partial charge on any atom is -0.317 e. The van der Waals surface area contributed by atoms with Crippen molar-refractivity contribution in [1.82, 2.24) is 5.32 Å². The van der Waals surface area contributed by atoms with E-state index in [0.29, 0.717) is 5.92 Å². The first-order chi connectivity index (χ1) is 4.43. The first-order valence-corrected chi connectivity index (χ1v) is 3.54. The van der Waals surface area contributed by atoms with Crippen LogP contribution in [0.3, 0.4) is 0 Å². The van der Waals surface area contributed by atoms with E-state index in [1.807, 2.05) is 0 Å². The molecule has 1 rings (SSSR count). The number of nitriles is 1. The molecule has 1 atom stereocenters. The summed E-state index contributed by atoms with van der Waals surface area (Å²) in [5.41, 5.74) is 0.